The third-order valence-electron chi connectivity index (χ3n) is 5.04. The lowest BCUT2D eigenvalue weighted by atomic mass is 9.98. The zero-order chi connectivity index (χ0) is 21.1. The van der Waals surface area contributed by atoms with Crippen LogP contribution in [-0.4, -0.2) is 19.2 Å². The molecule has 0 saturated heterocycles. The van der Waals surface area contributed by atoms with E-state index < -0.39 is 11.9 Å². The van der Waals surface area contributed by atoms with Crippen molar-refractivity contribution < 1.29 is 13.9 Å². The zero-order valence-corrected chi connectivity index (χ0v) is 18.2. The Balaban J connectivity index is 1.35. The molecule has 3 aromatic carbocycles. The van der Waals surface area contributed by atoms with Crippen LogP contribution in [0.25, 0.3) is 17.2 Å². The number of amides is 1. The van der Waals surface area contributed by atoms with Gasteiger partial charge in [0.2, 0.25) is 0 Å². The Kier molecular flexibility index (Phi) is 6.21. The van der Waals surface area contributed by atoms with Crippen LogP contribution >= 0.6 is 27.5 Å². The highest BCUT2D eigenvalue weighted by molar-refractivity contribution is 9.10. The van der Waals surface area contributed by atoms with Crippen LogP contribution < -0.4 is 5.32 Å². The number of nitrogens with one attached hydrogen (secondary N) is 1. The normalized spacial score (nSPS) is 12.6. The molecule has 0 aliphatic heterocycles. The number of halogens is 3. The summed E-state index contributed by atoms with van der Waals surface area (Å²) < 4.78 is 20.0. The van der Waals surface area contributed by atoms with Crippen molar-refractivity contribution in [2.75, 3.05) is 13.2 Å². The number of hydrogen-bond donors (Lipinski definition) is 1. The Morgan fingerprint density at radius 2 is 1.73 bits per heavy atom. The predicted octanol–water partition coefficient (Wildman–Crippen LogP) is 6.79. The Morgan fingerprint density at radius 3 is 2.37 bits per heavy atom. The Morgan fingerprint density at radius 1 is 1.10 bits per heavy atom. The second-order valence-corrected chi connectivity index (χ2v) is 8.18. The van der Waals surface area contributed by atoms with Crippen LogP contribution in [-0.2, 0) is 4.74 Å². The molecular formula is C24H18BrClFNO2. The third kappa shape index (κ3) is 4.27. The molecule has 0 spiro atoms. The summed E-state index contributed by atoms with van der Waals surface area (Å²) in [4.78, 5) is 12.1. The van der Waals surface area contributed by atoms with Gasteiger partial charge in [0.15, 0.2) is 0 Å². The standard InChI is InChI=1S/C24H18BrClFNO2/c25-22-12-15(26)13-23(27)20(22)10-5-11-28-24(29)30-14-21-18-8-3-1-6-16(18)17-7-2-4-9-19(17)21/h1-10,12-13,21H,11,14H2,(H,28,29). The summed E-state index contributed by atoms with van der Waals surface area (Å²) in [7, 11) is 0. The fraction of sp³-hybridized carbons (Fsp3) is 0.125. The van der Waals surface area contributed by atoms with Crippen LogP contribution in [0.3, 0.4) is 0 Å². The van der Waals surface area contributed by atoms with Crippen LogP contribution in [0.15, 0.2) is 71.2 Å². The van der Waals surface area contributed by atoms with Crippen LogP contribution in [0.5, 0.6) is 0 Å². The van der Waals surface area contributed by atoms with Crippen LogP contribution in [0.1, 0.15) is 22.6 Å². The van der Waals surface area contributed by atoms with E-state index in [1.54, 1.807) is 18.2 Å². The number of carbonyl (C=O) groups excluding carboxylic acids is 1. The van der Waals surface area contributed by atoms with Crippen molar-refractivity contribution in [3.63, 3.8) is 0 Å². The monoisotopic (exact) mass is 485 g/mol. The van der Waals surface area contributed by atoms with Gasteiger partial charge in [-0.3, -0.25) is 0 Å². The van der Waals surface area contributed by atoms with Crippen LogP contribution in [0.2, 0.25) is 5.02 Å². The van der Waals surface area contributed by atoms with E-state index >= 15 is 0 Å². The Labute approximate surface area is 187 Å². The number of ether oxygens (including phenoxy) is 1. The molecule has 30 heavy (non-hydrogen) atoms. The first kappa shape index (κ1) is 20.6. The first-order valence-corrected chi connectivity index (χ1v) is 10.6. The van der Waals surface area contributed by atoms with E-state index in [4.69, 9.17) is 16.3 Å². The Hall–Kier alpha value is -2.63. The van der Waals surface area contributed by atoms with Gasteiger partial charge in [-0.1, -0.05) is 88.2 Å². The van der Waals surface area contributed by atoms with Crippen molar-refractivity contribution in [1.82, 2.24) is 5.32 Å². The molecule has 1 N–H and O–H groups in total. The highest BCUT2D eigenvalue weighted by Gasteiger charge is 2.28. The van der Waals surface area contributed by atoms with Gasteiger partial charge >= 0.3 is 6.09 Å². The van der Waals surface area contributed by atoms with Crippen molar-refractivity contribution in [2.45, 2.75) is 5.92 Å². The number of rotatable bonds is 5. The molecule has 1 aliphatic carbocycles. The van der Waals surface area contributed by atoms with Gasteiger partial charge in [-0.15, -0.1) is 0 Å². The molecule has 0 aromatic heterocycles. The molecule has 1 aliphatic rings. The first-order valence-electron chi connectivity index (χ1n) is 9.44. The summed E-state index contributed by atoms with van der Waals surface area (Å²) in [5.74, 6) is -0.426. The summed E-state index contributed by atoms with van der Waals surface area (Å²) in [6.07, 6.45) is 2.72. The molecule has 6 heteroatoms. The predicted molar refractivity (Wildman–Crippen MR) is 121 cm³/mol. The second kappa shape index (κ2) is 9.02. The van der Waals surface area contributed by atoms with Gasteiger partial charge in [0.1, 0.15) is 12.4 Å². The quantitative estimate of drug-likeness (QED) is 0.431. The number of benzene rings is 3. The smallest absolute Gasteiger partial charge is 0.407 e. The lowest BCUT2D eigenvalue weighted by molar-refractivity contribution is 0.144. The van der Waals surface area contributed by atoms with Gasteiger partial charge in [-0.2, -0.15) is 0 Å². The summed E-state index contributed by atoms with van der Waals surface area (Å²) >= 11 is 9.09. The molecule has 4 rings (SSSR count). The minimum absolute atomic E-state index is 0.0119. The molecule has 0 fully saturated rings. The van der Waals surface area contributed by atoms with Gasteiger partial charge in [0, 0.05) is 27.5 Å². The average molecular weight is 487 g/mol. The van der Waals surface area contributed by atoms with Crippen molar-refractivity contribution >= 4 is 39.7 Å². The summed E-state index contributed by atoms with van der Waals surface area (Å²) in [6.45, 7) is 0.464. The van der Waals surface area contributed by atoms with Gasteiger partial charge in [0.25, 0.3) is 0 Å². The van der Waals surface area contributed by atoms with Crippen LogP contribution in [0, 0.1) is 5.82 Å². The van der Waals surface area contributed by atoms with E-state index in [1.807, 2.05) is 24.3 Å². The fourth-order valence-electron chi connectivity index (χ4n) is 3.68. The van der Waals surface area contributed by atoms with Gasteiger partial charge in [-0.05, 0) is 34.4 Å². The molecule has 0 atom stereocenters. The number of carbonyl (C=O) groups is 1. The van der Waals surface area contributed by atoms with Crippen molar-refractivity contribution in [1.29, 1.82) is 0 Å². The molecular weight excluding hydrogens is 469 g/mol. The maximum Gasteiger partial charge on any atom is 0.407 e. The average Bonchev–Trinajstić information content (AvgIpc) is 3.05. The van der Waals surface area contributed by atoms with Gasteiger partial charge in [0.05, 0.1) is 0 Å². The van der Waals surface area contributed by atoms with E-state index in [9.17, 15) is 9.18 Å². The molecule has 1 amide bonds. The minimum Gasteiger partial charge on any atom is -0.449 e. The molecule has 0 saturated carbocycles. The number of fused-ring (bicyclic) bond motifs is 3. The number of alkyl carbamates (subject to hydrolysis) is 1. The minimum atomic E-state index is -0.517. The molecule has 0 unspecified atom stereocenters. The molecule has 0 radical (unpaired) electrons. The summed E-state index contributed by atoms with van der Waals surface area (Å²) in [6, 6.07) is 19.2. The maximum absolute atomic E-state index is 14.0. The SMILES string of the molecule is O=C(NCC=Cc1c(F)cc(Cl)cc1Br)OCC1c2ccccc2-c2ccccc21. The van der Waals surface area contributed by atoms with E-state index in [2.05, 4.69) is 45.5 Å². The van der Waals surface area contributed by atoms with Crippen LogP contribution in [0.4, 0.5) is 9.18 Å². The number of hydrogen-bond acceptors (Lipinski definition) is 2. The first-order chi connectivity index (χ1) is 14.5. The van der Waals surface area contributed by atoms with E-state index in [0.29, 0.717) is 15.1 Å². The molecule has 0 bridgehead atoms. The van der Waals surface area contributed by atoms with Crippen molar-refractivity contribution in [3.8, 4) is 11.1 Å². The summed E-state index contributed by atoms with van der Waals surface area (Å²) in [5.41, 5.74) is 5.05. The van der Waals surface area contributed by atoms with E-state index in [-0.39, 0.29) is 19.1 Å². The molecule has 3 aromatic rings. The highest BCUT2D eigenvalue weighted by atomic mass is 79.9. The molecule has 0 heterocycles. The Bertz CT molecular complexity index is 1060. The van der Waals surface area contributed by atoms with Crippen molar-refractivity contribution in [3.05, 3.63) is 98.7 Å². The summed E-state index contributed by atoms with van der Waals surface area (Å²) in [5, 5.41) is 2.98. The van der Waals surface area contributed by atoms with Crippen molar-refractivity contribution in [2.24, 2.45) is 0 Å². The molecule has 152 valence electrons. The lowest BCUT2D eigenvalue weighted by Crippen LogP contribution is -2.26. The maximum atomic E-state index is 14.0. The molecule has 3 nitrogen and oxygen atoms in total. The topological polar surface area (TPSA) is 38.3 Å². The second-order valence-electron chi connectivity index (χ2n) is 6.89. The zero-order valence-electron chi connectivity index (χ0n) is 15.9. The van der Waals surface area contributed by atoms with Gasteiger partial charge < -0.3 is 10.1 Å². The van der Waals surface area contributed by atoms with E-state index in [0.717, 1.165) is 11.1 Å². The highest BCUT2D eigenvalue weighted by Crippen LogP contribution is 2.44. The van der Waals surface area contributed by atoms with Gasteiger partial charge in [-0.25, -0.2) is 9.18 Å². The largest absolute Gasteiger partial charge is 0.449 e. The third-order valence-corrected chi connectivity index (χ3v) is 5.91. The lowest BCUT2D eigenvalue weighted by Gasteiger charge is -2.14. The van der Waals surface area contributed by atoms with E-state index in [1.165, 1.54) is 17.2 Å². The fourth-order valence-corrected chi connectivity index (χ4v) is 4.59.